The van der Waals surface area contributed by atoms with Crippen LogP contribution in [0, 0.1) is 5.82 Å². The molecule has 1 heterocycles. The second-order valence-corrected chi connectivity index (χ2v) is 6.59. The molecule has 1 aromatic carbocycles. The Morgan fingerprint density at radius 2 is 1.84 bits per heavy atom. The summed E-state index contributed by atoms with van der Waals surface area (Å²) in [6.45, 7) is 0. The average Bonchev–Trinajstić information content (AvgIpc) is 2.66. The number of sulfone groups is 1. The molecule has 102 valence electrons. The third kappa shape index (κ3) is 2.93. The van der Waals surface area contributed by atoms with Crippen molar-refractivity contribution in [1.82, 2.24) is 4.90 Å². The fourth-order valence-corrected chi connectivity index (χ4v) is 3.76. The van der Waals surface area contributed by atoms with Crippen molar-refractivity contribution >= 4 is 32.6 Å². The summed E-state index contributed by atoms with van der Waals surface area (Å²) in [4.78, 5) is 24.2. The van der Waals surface area contributed by atoms with Crippen molar-refractivity contribution in [3.63, 3.8) is 0 Å². The zero-order valence-electron chi connectivity index (χ0n) is 9.55. The van der Waals surface area contributed by atoms with Gasteiger partial charge in [-0.1, -0.05) is 0 Å². The molecule has 1 aliphatic heterocycles. The van der Waals surface area contributed by atoms with Crippen LogP contribution in [0.15, 0.2) is 24.3 Å². The minimum Gasteiger partial charge on any atom is -0.312 e. The van der Waals surface area contributed by atoms with Gasteiger partial charge in [0.15, 0.2) is 9.84 Å². The van der Waals surface area contributed by atoms with Crippen LogP contribution in [-0.2, 0) is 14.6 Å². The summed E-state index contributed by atoms with van der Waals surface area (Å²) >= 11 is 5.31. The van der Waals surface area contributed by atoms with E-state index in [1.807, 2.05) is 0 Å². The first kappa shape index (κ1) is 14.0. The van der Waals surface area contributed by atoms with Crippen molar-refractivity contribution in [3.05, 3.63) is 35.6 Å². The molecule has 0 bridgehead atoms. The van der Waals surface area contributed by atoms with Gasteiger partial charge in [0.2, 0.25) is 5.24 Å². The molecule has 0 radical (unpaired) electrons. The zero-order chi connectivity index (χ0) is 14.2. The van der Waals surface area contributed by atoms with E-state index >= 15 is 0 Å². The Hall–Kier alpha value is -1.47. The van der Waals surface area contributed by atoms with Crippen molar-refractivity contribution in [2.45, 2.75) is 6.04 Å². The first-order valence-corrected chi connectivity index (χ1v) is 7.46. The molecule has 5 nitrogen and oxygen atoms in total. The predicted molar refractivity (Wildman–Crippen MR) is 65.9 cm³/mol. The molecule has 2 rings (SSSR count). The normalized spacial score (nSPS) is 21.4. The number of rotatable bonds is 2. The molecule has 1 unspecified atom stereocenters. The number of nitrogens with zero attached hydrogens (tertiary/aromatic N) is 1. The second kappa shape index (κ2) is 4.90. The average molecular weight is 306 g/mol. The van der Waals surface area contributed by atoms with Gasteiger partial charge in [-0.2, -0.15) is 0 Å². The van der Waals surface area contributed by atoms with Crippen molar-refractivity contribution < 1.29 is 22.4 Å². The Morgan fingerprint density at radius 3 is 2.37 bits per heavy atom. The number of hydrogen-bond donors (Lipinski definition) is 0. The standard InChI is InChI=1S/C11H9ClFNO4S/c12-10(15)9-5-19(17,18)6-14(9)11(16)7-1-3-8(13)4-2-7/h1-4,9H,5-6H2. The third-order valence-corrected chi connectivity index (χ3v) is 4.48. The molecule has 0 aliphatic carbocycles. The van der Waals surface area contributed by atoms with E-state index in [0.29, 0.717) is 0 Å². The summed E-state index contributed by atoms with van der Waals surface area (Å²) in [5.74, 6) is -2.23. The van der Waals surface area contributed by atoms with Gasteiger partial charge in [0.05, 0.1) is 5.75 Å². The third-order valence-electron chi connectivity index (χ3n) is 2.74. The molecular weight excluding hydrogens is 297 g/mol. The Labute approximate surface area is 113 Å². The molecule has 1 saturated heterocycles. The van der Waals surface area contributed by atoms with E-state index in [0.717, 1.165) is 17.0 Å². The van der Waals surface area contributed by atoms with Gasteiger partial charge >= 0.3 is 0 Å². The van der Waals surface area contributed by atoms with E-state index in [-0.39, 0.29) is 5.56 Å². The molecule has 0 spiro atoms. The van der Waals surface area contributed by atoms with Gasteiger partial charge in [0, 0.05) is 5.56 Å². The van der Waals surface area contributed by atoms with Crippen molar-refractivity contribution in [1.29, 1.82) is 0 Å². The van der Waals surface area contributed by atoms with Crippen LogP contribution in [0.5, 0.6) is 0 Å². The van der Waals surface area contributed by atoms with E-state index < -0.39 is 44.5 Å². The molecule has 0 saturated carbocycles. The topological polar surface area (TPSA) is 71.5 Å². The molecule has 1 aromatic rings. The number of halogens is 2. The van der Waals surface area contributed by atoms with E-state index in [9.17, 15) is 22.4 Å². The summed E-state index contributed by atoms with van der Waals surface area (Å²) in [5, 5.41) is -0.906. The fourth-order valence-electron chi connectivity index (χ4n) is 1.83. The van der Waals surface area contributed by atoms with Gasteiger partial charge in [-0.05, 0) is 35.9 Å². The van der Waals surface area contributed by atoms with Gasteiger partial charge < -0.3 is 4.90 Å². The van der Waals surface area contributed by atoms with Crippen LogP contribution in [-0.4, -0.2) is 42.1 Å². The van der Waals surface area contributed by atoms with Crippen molar-refractivity contribution in [3.8, 4) is 0 Å². The van der Waals surface area contributed by atoms with Crippen LogP contribution >= 0.6 is 11.6 Å². The lowest BCUT2D eigenvalue weighted by Crippen LogP contribution is -2.40. The number of amides is 1. The van der Waals surface area contributed by atoms with Crippen LogP contribution in [0.3, 0.4) is 0 Å². The maximum atomic E-state index is 12.8. The molecule has 1 amide bonds. The van der Waals surface area contributed by atoms with Gasteiger partial charge in [0.1, 0.15) is 17.7 Å². The lowest BCUT2D eigenvalue weighted by Gasteiger charge is -2.19. The highest BCUT2D eigenvalue weighted by Crippen LogP contribution is 2.20. The highest BCUT2D eigenvalue weighted by atomic mass is 35.5. The first-order chi connectivity index (χ1) is 8.80. The number of carbonyl (C=O) groups is 2. The maximum absolute atomic E-state index is 12.8. The van der Waals surface area contributed by atoms with E-state index in [1.54, 1.807) is 0 Å². The van der Waals surface area contributed by atoms with Crippen LogP contribution < -0.4 is 0 Å². The largest absolute Gasteiger partial charge is 0.312 e. The zero-order valence-corrected chi connectivity index (χ0v) is 11.1. The first-order valence-electron chi connectivity index (χ1n) is 5.26. The summed E-state index contributed by atoms with van der Waals surface area (Å²) < 4.78 is 35.7. The number of benzene rings is 1. The number of hydrogen-bond acceptors (Lipinski definition) is 4. The predicted octanol–water partition coefficient (Wildman–Crippen LogP) is 0.788. The molecule has 19 heavy (non-hydrogen) atoms. The van der Waals surface area contributed by atoms with Crippen LogP contribution in [0.2, 0.25) is 0 Å². The second-order valence-electron chi connectivity index (χ2n) is 4.14. The number of carbonyl (C=O) groups excluding carboxylic acids is 2. The molecule has 1 atom stereocenters. The lowest BCUT2D eigenvalue weighted by atomic mass is 10.2. The Balaban J connectivity index is 2.32. The van der Waals surface area contributed by atoms with Crippen molar-refractivity contribution in [2.24, 2.45) is 0 Å². The van der Waals surface area contributed by atoms with E-state index in [4.69, 9.17) is 11.6 Å². The van der Waals surface area contributed by atoms with Gasteiger partial charge in [-0.15, -0.1) is 0 Å². The van der Waals surface area contributed by atoms with Crippen molar-refractivity contribution in [2.75, 3.05) is 11.6 Å². The van der Waals surface area contributed by atoms with E-state index in [2.05, 4.69) is 0 Å². The lowest BCUT2D eigenvalue weighted by molar-refractivity contribution is -0.114. The SMILES string of the molecule is O=C(Cl)C1CS(=O)(=O)CN1C(=O)c1ccc(F)cc1. The minimum atomic E-state index is -3.53. The van der Waals surface area contributed by atoms with E-state index in [1.165, 1.54) is 12.1 Å². The minimum absolute atomic E-state index is 0.0985. The smallest absolute Gasteiger partial charge is 0.255 e. The highest BCUT2D eigenvalue weighted by Gasteiger charge is 2.42. The Kier molecular flexibility index (Phi) is 3.60. The van der Waals surface area contributed by atoms with Crippen LogP contribution in [0.4, 0.5) is 4.39 Å². The van der Waals surface area contributed by atoms with Crippen LogP contribution in [0.1, 0.15) is 10.4 Å². The molecule has 8 heteroatoms. The quantitative estimate of drug-likeness (QED) is 0.757. The summed E-state index contributed by atoms with van der Waals surface area (Å²) in [6, 6.07) is 3.41. The Morgan fingerprint density at radius 1 is 1.26 bits per heavy atom. The fraction of sp³-hybridized carbons (Fsp3) is 0.273. The Bertz CT molecular complexity index is 629. The van der Waals surface area contributed by atoms with Gasteiger partial charge in [-0.3, -0.25) is 9.59 Å². The molecule has 0 aromatic heterocycles. The summed E-state index contributed by atoms with van der Waals surface area (Å²) in [5.41, 5.74) is 0.0985. The molecule has 0 N–H and O–H groups in total. The van der Waals surface area contributed by atoms with Gasteiger partial charge in [-0.25, -0.2) is 12.8 Å². The summed E-state index contributed by atoms with van der Waals surface area (Å²) in [7, 11) is -3.53. The van der Waals surface area contributed by atoms with Crippen LogP contribution in [0.25, 0.3) is 0 Å². The molecular formula is C11H9ClFNO4S. The molecule has 1 fully saturated rings. The monoisotopic (exact) mass is 305 g/mol. The highest BCUT2D eigenvalue weighted by molar-refractivity contribution is 7.91. The molecule has 1 aliphatic rings. The van der Waals surface area contributed by atoms with Gasteiger partial charge in [0.25, 0.3) is 5.91 Å². The maximum Gasteiger partial charge on any atom is 0.255 e. The summed E-state index contributed by atoms with van der Waals surface area (Å²) in [6.07, 6.45) is 0.